The summed E-state index contributed by atoms with van der Waals surface area (Å²) < 4.78 is 8.42. The molecule has 0 aliphatic heterocycles. The summed E-state index contributed by atoms with van der Waals surface area (Å²) in [5.74, 6) is 0.560. The van der Waals surface area contributed by atoms with Crippen molar-refractivity contribution in [2.24, 2.45) is 5.92 Å². The molecule has 0 aromatic rings. The quantitative estimate of drug-likeness (QED) is 0.766. The Kier molecular flexibility index (Phi) is 17.2. The molecule has 65 valence electrons. The van der Waals surface area contributed by atoms with Crippen molar-refractivity contribution in [1.29, 1.82) is 0 Å². The Bertz CT molecular complexity index is 65.1. The second-order valence-electron chi connectivity index (χ2n) is 2.60. The van der Waals surface area contributed by atoms with Crippen molar-refractivity contribution in [1.82, 2.24) is 0 Å². The van der Waals surface area contributed by atoms with Crippen LogP contribution in [0.3, 0.4) is 0 Å². The molecular formula is C8H18O2Tl. The van der Waals surface area contributed by atoms with Crippen LogP contribution in [0.1, 0.15) is 39.5 Å². The molecule has 0 saturated heterocycles. The van der Waals surface area contributed by atoms with Crippen LogP contribution in [0.15, 0.2) is 0 Å². The van der Waals surface area contributed by atoms with Crippen LogP contribution >= 0.6 is 0 Å². The molecule has 0 aromatic heterocycles. The van der Waals surface area contributed by atoms with Gasteiger partial charge in [0.05, 0.1) is 0 Å². The van der Waals surface area contributed by atoms with Gasteiger partial charge in [-0.15, -0.1) is 0 Å². The normalized spacial score (nSPS) is 11.7. The molecule has 2 nitrogen and oxygen atoms in total. The Morgan fingerprint density at radius 1 is 1.36 bits per heavy atom. The molecule has 1 unspecified atom stereocenters. The van der Waals surface area contributed by atoms with E-state index in [4.69, 9.17) is 7.79 Å². The molecule has 1 N–H and O–H groups in total. The molecule has 0 aliphatic carbocycles. The van der Waals surface area contributed by atoms with Crippen molar-refractivity contribution >= 4 is 25.8 Å². The molecule has 0 radical (unpaired) electrons. The summed E-state index contributed by atoms with van der Waals surface area (Å²) in [7, 11) is 0. The van der Waals surface area contributed by atoms with Crippen molar-refractivity contribution in [3.05, 3.63) is 0 Å². The Hall–Kier alpha value is 0.682. The first-order valence-electron chi connectivity index (χ1n) is 4.19. The molecule has 0 amide bonds. The van der Waals surface area contributed by atoms with Crippen LogP contribution in [-0.4, -0.2) is 37.5 Å². The summed E-state index contributed by atoms with van der Waals surface area (Å²) in [6.07, 6.45) is 4.83. The zero-order valence-corrected chi connectivity index (χ0v) is 12.0. The van der Waals surface area contributed by atoms with Gasteiger partial charge in [-0.25, -0.2) is 0 Å². The molecule has 1 atom stereocenters. The Morgan fingerprint density at radius 2 is 1.91 bits per heavy atom. The molecule has 0 saturated carbocycles. The molecule has 0 bridgehead atoms. The maximum atomic E-state index is 8.75. The van der Waals surface area contributed by atoms with E-state index in [1.54, 1.807) is 0 Å². The molecule has 0 heterocycles. The van der Waals surface area contributed by atoms with Crippen LogP contribution in [0, 0.1) is 5.92 Å². The predicted octanol–water partition coefficient (Wildman–Crippen LogP) is 1.70. The fraction of sp³-hybridized carbons (Fsp3) is 1.00. The third-order valence-corrected chi connectivity index (χ3v) is 1.80. The van der Waals surface area contributed by atoms with Gasteiger partial charge in [-0.3, -0.25) is 0 Å². The molecule has 0 aromatic carbocycles. The van der Waals surface area contributed by atoms with E-state index < -0.39 is 0 Å². The van der Waals surface area contributed by atoms with Crippen LogP contribution in [0.25, 0.3) is 0 Å². The monoisotopic (exact) mass is 351 g/mol. The van der Waals surface area contributed by atoms with Gasteiger partial charge in [-0.1, -0.05) is 33.1 Å². The van der Waals surface area contributed by atoms with Crippen LogP contribution in [-0.2, 0) is 2.69 Å². The number of hydrogen-bond acceptors (Lipinski definition) is 2. The predicted molar refractivity (Wildman–Crippen MR) is 46.8 cm³/mol. The van der Waals surface area contributed by atoms with E-state index in [2.05, 4.69) is 13.8 Å². The summed E-state index contributed by atoms with van der Waals surface area (Å²) in [6, 6.07) is 0. The molecule has 0 aliphatic rings. The van der Waals surface area contributed by atoms with Gasteiger partial charge >= 0.3 is 28.5 Å². The first kappa shape index (κ1) is 14.2. The van der Waals surface area contributed by atoms with E-state index in [0.717, 1.165) is 6.42 Å². The van der Waals surface area contributed by atoms with Gasteiger partial charge in [0.1, 0.15) is 0 Å². The average Bonchev–Trinajstić information content (AvgIpc) is 2.10. The summed E-state index contributed by atoms with van der Waals surface area (Å²) in [5.41, 5.74) is 0. The molecule has 11 heavy (non-hydrogen) atoms. The first-order valence-corrected chi connectivity index (χ1v) is 6.02. The van der Waals surface area contributed by atoms with Crippen LogP contribution in [0.4, 0.5) is 0 Å². The van der Waals surface area contributed by atoms with Gasteiger partial charge in [-0.2, -0.15) is 0 Å². The summed E-state index contributed by atoms with van der Waals surface area (Å²) >= 11 is -0.0833. The molecule has 0 fully saturated rings. The van der Waals surface area contributed by atoms with Crippen molar-refractivity contribution < 1.29 is 7.79 Å². The van der Waals surface area contributed by atoms with Crippen LogP contribution in [0.2, 0.25) is 0 Å². The summed E-state index contributed by atoms with van der Waals surface area (Å²) in [5, 5.41) is 8.75. The van der Waals surface area contributed by atoms with E-state index in [1.165, 1.54) is 19.3 Å². The molecular weight excluding hydrogens is 332 g/mol. The van der Waals surface area contributed by atoms with Gasteiger partial charge in [0, 0.05) is 6.61 Å². The standard InChI is InChI=1S/C8H18O.O.Tl/c1-3-5-6-8(4-2)7-9;;/h8-9H,3-7H2,1-2H3;;. The fourth-order valence-electron chi connectivity index (χ4n) is 0.917. The van der Waals surface area contributed by atoms with E-state index in [0.29, 0.717) is 12.5 Å². The molecule has 0 spiro atoms. The number of hydrogen-bond donors (Lipinski definition) is 1. The second-order valence-corrected chi connectivity index (χ2v) is 2.60. The molecule has 0 rings (SSSR count). The van der Waals surface area contributed by atoms with Crippen molar-refractivity contribution in [2.75, 3.05) is 6.61 Å². The minimum atomic E-state index is -0.0833. The zero-order chi connectivity index (χ0) is 9.11. The summed E-state index contributed by atoms with van der Waals surface area (Å²) in [6.45, 7) is 4.69. The van der Waals surface area contributed by atoms with Gasteiger partial charge in [0.25, 0.3) is 0 Å². The van der Waals surface area contributed by atoms with Gasteiger partial charge in [0.15, 0.2) is 0 Å². The maximum absolute atomic E-state index is 8.75. The SMILES string of the molecule is CCCCC(CC)CO.[O]=[Tl]. The minimum absolute atomic E-state index is 0.0833. The summed E-state index contributed by atoms with van der Waals surface area (Å²) in [4.78, 5) is 0. The van der Waals surface area contributed by atoms with Gasteiger partial charge in [-0.05, 0) is 12.3 Å². The fourth-order valence-corrected chi connectivity index (χ4v) is 0.917. The van der Waals surface area contributed by atoms with Gasteiger partial charge in [0.2, 0.25) is 0 Å². The van der Waals surface area contributed by atoms with E-state index >= 15 is 0 Å². The number of aliphatic hydroxyl groups excluding tert-OH is 1. The average molecular weight is 351 g/mol. The number of unbranched alkanes of at least 4 members (excludes halogenated alkanes) is 1. The second kappa shape index (κ2) is 13.3. The Morgan fingerprint density at radius 3 is 2.18 bits per heavy atom. The Labute approximate surface area is 85.5 Å². The first-order chi connectivity index (χ1) is 5.35. The number of aliphatic hydroxyl groups is 1. The van der Waals surface area contributed by atoms with E-state index in [1.807, 2.05) is 0 Å². The third-order valence-electron chi connectivity index (χ3n) is 1.80. The third kappa shape index (κ3) is 10.7. The number of rotatable bonds is 5. The van der Waals surface area contributed by atoms with E-state index in [9.17, 15) is 0 Å². The van der Waals surface area contributed by atoms with E-state index in [-0.39, 0.29) is 25.8 Å². The van der Waals surface area contributed by atoms with Crippen molar-refractivity contribution in [2.45, 2.75) is 39.5 Å². The van der Waals surface area contributed by atoms with Crippen molar-refractivity contribution in [3.8, 4) is 0 Å². The molecule has 3 heteroatoms. The van der Waals surface area contributed by atoms with Crippen LogP contribution < -0.4 is 0 Å². The Balaban J connectivity index is 0. The van der Waals surface area contributed by atoms with Crippen LogP contribution in [0.5, 0.6) is 0 Å². The zero-order valence-electron chi connectivity index (χ0n) is 7.55. The topological polar surface area (TPSA) is 37.3 Å². The van der Waals surface area contributed by atoms with Crippen molar-refractivity contribution in [3.63, 3.8) is 0 Å². The van der Waals surface area contributed by atoms with Gasteiger partial charge < -0.3 is 5.11 Å².